The molecule has 1 aromatic rings. The molecule has 1 aliphatic carbocycles. The zero-order valence-corrected chi connectivity index (χ0v) is 12.6. The van der Waals surface area contributed by atoms with Crippen molar-refractivity contribution in [2.75, 3.05) is 6.54 Å². The van der Waals surface area contributed by atoms with Gasteiger partial charge in [0, 0.05) is 17.7 Å². The Morgan fingerprint density at radius 1 is 1.30 bits per heavy atom. The number of benzene rings is 1. The maximum absolute atomic E-state index is 11.3. The predicted molar refractivity (Wildman–Crippen MR) is 80.9 cm³/mol. The van der Waals surface area contributed by atoms with Crippen molar-refractivity contribution in [3.05, 3.63) is 39.9 Å². The van der Waals surface area contributed by atoms with Gasteiger partial charge in [-0.05, 0) is 37.1 Å². The molecule has 0 spiro atoms. The fourth-order valence-electron chi connectivity index (χ4n) is 3.94. The number of rotatable bonds is 6. The Labute approximate surface area is 120 Å². The van der Waals surface area contributed by atoms with Gasteiger partial charge in [0.25, 0.3) is 5.69 Å². The quantitative estimate of drug-likeness (QED) is 0.634. The van der Waals surface area contributed by atoms with Gasteiger partial charge in [-0.1, -0.05) is 39.0 Å². The van der Waals surface area contributed by atoms with E-state index in [9.17, 15) is 10.1 Å². The first-order valence-corrected chi connectivity index (χ1v) is 7.57. The summed E-state index contributed by atoms with van der Waals surface area (Å²) < 4.78 is 0. The van der Waals surface area contributed by atoms with Crippen LogP contribution in [0.2, 0.25) is 0 Å². The molecule has 1 aromatic carbocycles. The molecule has 2 rings (SSSR count). The standard InChI is InChI=1S/C16H24N2O2/c1-4-16(5-2)13(11-15(16)17-6-3)12-9-7-8-10-14(12)18(19)20/h7-10,13,15,17H,4-6,11H2,1-3H3. The Morgan fingerprint density at radius 2 is 1.95 bits per heavy atom. The lowest BCUT2D eigenvalue weighted by atomic mass is 9.51. The van der Waals surface area contributed by atoms with Crippen molar-refractivity contribution in [3.8, 4) is 0 Å². The molecular weight excluding hydrogens is 252 g/mol. The summed E-state index contributed by atoms with van der Waals surface area (Å²) in [5.74, 6) is 0.295. The minimum atomic E-state index is -0.244. The number of nitro groups is 1. The van der Waals surface area contributed by atoms with Crippen molar-refractivity contribution in [1.82, 2.24) is 5.32 Å². The SMILES string of the molecule is CCNC1CC(c2ccccc2[N+](=O)[O-])C1(CC)CC. The normalized spacial score (nSPS) is 24.1. The van der Waals surface area contributed by atoms with E-state index in [4.69, 9.17) is 0 Å². The Hall–Kier alpha value is -1.42. The minimum Gasteiger partial charge on any atom is -0.314 e. The lowest BCUT2D eigenvalue weighted by Gasteiger charge is -2.56. The molecule has 20 heavy (non-hydrogen) atoms. The van der Waals surface area contributed by atoms with Crippen LogP contribution in [0.3, 0.4) is 0 Å². The molecule has 110 valence electrons. The van der Waals surface area contributed by atoms with Crippen LogP contribution in [0.1, 0.15) is 51.5 Å². The molecule has 1 N–H and O–H groups in total. The van der Waals surface area contributed by atoms with E-state index in [-0.39, 0.29) is 16.0 Å². The van der Waals surface area contributed by atoms with Crippen molar-refractivity contribution >= 4 is 5.69 Å². The molecule has 2 unspecified atom stereocenters. The largest absolute Gasteiger partial charge is 0.314 e. The average Bonchev–Trinajstić information content (AvgIpc) is 2.44. The number of nitrogens with one attached hydrogen (secondary N) is 1. The van der Waals surface area contributed by atoms with E-state index in [2.05, 4.69) is 26.1 Å². The topological polar surface area (TPSA) is 55.2 Å². The summed E-state index contributed by atoms with van der Waals surface area (Å²) in [7, 11) is 0. The van der Waals surface area contributed by atoms with Gasteiger partial charge in [0.15, 0.2) is 0 Å². The van der Waals surface area contributed by atoms with E-state index in [0.29, 0.717) is 12.0 Å². The van der Waals surface area contributed by atoms with E-state index >= 15 is 0 Å². The number of hydrogen-bond donors (Lipinski definition) is 1. The third-order valence-corrected chi connectivity index (χ3v) is 5.14. The summed E-state index contributed by atoms with van der Waals surface area (Å²) >= 11 is 0. The monoisotopic (exact) mass is 276 g/mol. The Bertz CT molecular complexity index is 483. The highest BCUT2D eigenvalue weighted by atomic mass is 16.6. The van der Waals surface area contributed by atoms with Gasteiger partial charge in [-0.2, -0.15) is 0 Å². The lowest BCUT2D eigenvalue weighted by Crippen LogP contribution is -2.58. The molecule has 1 aliphatic rings. The average molecular weight is 276 g/mol. The minimum absolute atomic E-state index is 0.155. The summed E-state index contributed by atoms with van der Waals surface area (Å²) in [5.41, 5.74) is 1.34. The number of nitro benzene ring substituents is 1. The first-order chi connectivity index (χ1) is 9.60. The Kier molecular flexibility index (Phi) is 4.43. The van der Waals surface area contributed by atoms with E-state index in [1.165, 1.54) is 0 Å². The molecule has 0 heterocycles. The van der Waals surface area contributed by atoms with E-state index in [1.807, 2.05) is 12.1 Å². The molecule has 4 heteroatoms. The van der Waals surface area contributed by atoms with Crippen LogP contribution in [0.15, 0.2) is 24.3 Å². The van der Waals surface area contributed by atoms with Crippen LogP contribution < -0.4 is 5.32 Å². The molecule has 0 amide bonds. The van der Waals surface area contributed by atoms with Crippen molar-refractivity contribution in [2.24, 2.45) is 5.41 Å². The van der Waals surface area contributed by atoms with Crippen LogP contribution in [0.5, 0.6) is 0 Å². The number of nitrogens with zero attached hydrogens (tertiary/aromatic N) is 1. The summed E-state index contributed by atoms with van der Waals surface area (Å²) in [6.45, 7) is 7.48. The van der Waals surface area contributed by atoms with Crippen LogP contribution in [0.25, 0.3) is 0 Å². The molecule has 2 atom stereocenters. The lowest BCUT2D eigenvalue weighted by molar-refractivity contribution is -0.386. The first-order valence-electron chi connectivity index (χ1n) is 7.57. The van der Waals surface area contributed by atoms with Crippen molar-refractivity contribution in [1.29, 1.82) is 0 Å². The fraction of sp³-hybridized carbons (Fsp3) is 0.625. The molecule has 4 nitrogen and oxygen atoms in total. The molecule has 0 saturated heterocycles. The highest BCUT2D eigenvalue weighted by Gasteiger charge is 2.53. The zero-order valence-electron chi connectivity index (χ0n) is 12.6. The van der Waals surface area contributed by atoms with Crippen LogP contribution >= 0.6 is 0 Å². The van der Waals surface area contributed by atoms with E-state index < -0.39 is 0 Å². The molecule has 0 bridgehead atoms. The maximum atomic E-state index is 11.3. The summed E-state index contributed by atoms with van der Waals surface area (Å²) in [6, 6.07) is 7.71. The van der Waals surface area contributed by atoms with Gasteiger partial charge < -0.3 is 5.32 Å². The molecule has 1 saturated carbocycles. The zero-order chi connectivity index (χ0) is 14.8. The second kappa shape index (κ2) is 5.92. The second-order valence-corrected chi connectivity index (χ2v) is 5.65. The smallest absolute Gasteiger partial charge is 0.272 e. The van der Waals surface area contributed by atoms with Gasteiger partial charge in [-0.15, -0.1) is 0 Å². The highest BCUT2D eigenvalue weighted by molar-refractivity contribution is 5.45. The summed E-state index contributed by atoms with van der Waals surface area (Å²) in [5, 5.41) is 14.8. The third kappa shape index (κ3) is 2.22. The fourth-order valence-corrected chi connectivity index (χ4v) is 3.94. The van der Waals surface area contributed by atoms with Crippen LogP contribution in [-0.2, 0) is 0 Å². The number of hydrogen-bond acceptors (Lipinski definition) is 3. The Balaban J connectivity index is 2.36. The van der Waals surface area contributed by atoms with E-state index in [1.54, 1.807) is 12.1 Å². The van der Waals surface area contributed by atoms with Gasteiger partial charge in [0.05, 0.1) is 4.92 Å². The van der Waals surface area contributed by atoms with Gasteiger partial charge in [0.1, 0.15) is 0 Å². The molecule has 0 aliphatic heterocycles. The van der Waals surface area contributed by atoms with Crippen LogP contribution in [-0.4, -0.2) is 17.5 Å². The van der Waals surface area contributed by atoms with Crippen LogP contribution in [0, 0.1) is 15.5 Å². The first kappa shape index (κ1) is 15.0. The second-order valence-electron chi connectivity index (χ2n) is 5.65. The summed E-state index contributed by atoms with van der Waals surface area (Å²) in [4.78, 5) is 11.0. The van der Waals surface area contributed by atoms with Crippen molar-refractivity contribution < 1.29 is 4.92 Å². The maximum Gasteiger partial charge on any atom is 0.272 e. The molecule has 0 aromatic heterocycles. The number of para-hydroxylation sites is 1. The van der Waals surface area contributed by atoms with E-state index in [0.717, 1.165) is 31.4 Å². The molecular formula is C16H24N2O2. The third-order valence-electron chi connectivity index (χ3n) is 5.14. The van der Waals surface area contributed by atoms with Gasteiger partial charge >= 0.3 is 0 Å². The van der Waals surface area contributed by atoms with Crippen molar-refractivity contribution in [3.63, 3.8) is 0 Å². The van der Waals surface area contributed by atoms with Gasteiger partial charge in [-0.25, -0.2) is 0 Å². The predicted octanol–water partition coefficient (Wildman–Crippen LogP) is 3.87. The van der Waals surface area contributed by atoms with Gasteiger partial charge in [0.2, 0.25) is 0 Å². The molecule has 0 radical (unpaired) electrons. The van der Waals surface area contributed by atoms with Crippen molar-refractivity contribution in [2.45, 2.75) is 52.0 Å². The molecule has 1 fully saturated rings. The Morgan fingerprint density at radius 3 is 2.50 bits per heavy atom. The highest BCUT2D eigenvalue weighted by Crippen LogP contribution is 2.58. The summed E-state index contributed by atoms with van der Waals surface area (Å²) in [6.07, 6.45) is 3.11. The van der Waals surface area contributed by atoms with Gasteiger partial charge in [-0.3, -0.25) is 10.1 Å². The van der Waals surface area contributed by atoms with Crippen LogP contribution in [0.4, 0.5) is 5.69 Å².